The predicted octanol–water partition coefficient (Wildman–Crippen LogP) is 0.388. The maximum atomic E-state index is 12.2. The van der Waals surface area contributed by atoms with Crippen molar-refractivity contribution in [1.82, 2.24) is 4.90 Å². The summed E-state index contributed by atoms with van der Waals surface area (Å²) in [7, 11) is 0. The zero-order chi connectivity index (χ0) is 13.2. The van der Waals surface area contributed by atoms with Gasteiger partial charge in [-0.05, 0) is 5.41 Å². The second kappa shape index (κ2) is 5.27. The average molecular weight is 260 g/mol. The van der Waals surface area contributed by atoms with E-state index in [4.69, 9.17) is 10.8 Å². The van der Waals surface area contributed by atoms with E-state index in [0.29, 0.717) is 12.3 Å². The van der Waals surface area contributed by atoms with E-state index in [0.717, 1.165) is 5.75 Å². The van der Waals surface area contributed by atoms with Crippen LogP contribution in [0.5, 0.6) is 0 Å². The fourth-order valence-corrected chi connectivity index (χ4v) is 2.66. The average Bonchev–Trinajstić information content (AvgIpc) is 2.25. The first-order valence-electron chi connectivity index (χ1n) is 5.61. The number of carbonyl (C=O) groups is 2. The summed E-state index contributed by atoms with van der Waals surface area (Å²) >= 11 is 1.56. The Balaban J connectivity index is 2.82. The zero-order valence-corrected chi connectivity index (χ0v) is 11.3. The van der Waals surface area contributed by atoms with Crippen molar-refractivity contribution in [2.45, 2.75) is 32.9 Å². The standard InChI is InChI=1S/C11H20N2O3S/c1-11(2,3)8(12)9(14)13-4-5-17-6-7(13)10(15)16/h7-8H,4-6,12H2,1-3H3,(H,15,16)/t7?,8-/m1/s1. The Labute approximate surface area is 106 Å². The van der Waals surface area contributed by atoms with E-state index in [2.05, 4.69) is 0 Å². The first kappa shape index (κ1) is 14.3. The molecule has 0 spiro atoms. The third-order valence-electron chi connectivity index (χ3n) is 2.90. The molecule has 0 aromatic heterocycles. The van der Waals surface area contributed by atoms with Gasteiger partial charge in [0.1, 0.15) is 6.04 Å². The molecule has 1 amide bonds. The van der Waals surface area contributed by atoms with Gasteiger partial charge in [0.25, 0.3) is 0 Å². The Morgan fingerprint density at radius 3 is 2.53 bits per heavy atom. The molecule has 0 saturated carbocycles. The van der Waals surface area contributed by atoms with Crippen LogP contribution in [0.2, 0.25) is 0 Å². The van der Waals surface area contributed by atoms with E-state index in [1.807, 2.05) is 20.8 Å². The van der Waals surface area contributed by atoms with Crippen LogP contribution in [0, 0.1) is 5.41 Å². The number of hydrogen-bond donors (Lipinski definition) is 2. The van der Waals surface area contributed by atoms with Gasteiger partial charge >= 0.3 is 5.97 Å². The molecule has 1 aliphatic rings. The summed E-state index contributed by atoms with van der Waals surface area (Å²) in [6.45, 7) is 6.10. The molecule has 3 N–H and O–H groups in total. The van der Waals surface area contributed by atoms with Gasteiger partial charge in [-0.2, -0.15) is 11.8 Å². The Hall–Kier alpha value is -0.750. The third-order valence-corrected chi connectivity index (χ3v) is 3.92. The van der Waals surface area contributed by atoms with Crippen molar-refractivity contribution in [1.29, 1.82) is 0 Å². The molecule has 1 rings (SSSR count). The summed E-state index contributed by atoms with van der Waals surface area (Å²) in [5, 5.41) is 9.09. The summed E-state index contributed by atoms with van der Waals surface area (Å²) in [5.74, 6) is 0.00138. The van der Waals surface area contributed by atoms with Gasteiger partial charge in [-0.15, -0.1) is 0 Å². The first-order valence-corrected chi connectivity index (χ1v) is 6.77. The highest BCUT2D eigenvalue weighted by Gasteiger charge is 2.38. The van der Waals surface area contributed by atoms with Crippen molar-refractivity contribution in [3.8, 4) is 0 Å². The van der Waals surface area contributed by atoms with Crippen LogP contribution in [0.4, 0.5) is 0 Å². The molecular formula is C11H20N2O3S. The molecule has 6 heteroatoms. The van der Waals surface area contributed by atoms with Crippen LogP contribution in [0.15, 0.2) is 0 Å². The fraction of sp³-hybridized carbons (Fsp3) is 0.818. The minimum Gasteiger partial charge on any atom is -0.480 e. The van der Waals surface area contributed by atoms with Gasteiger partial charge in [-0.1, -0.05) is 20.8 Å². The van der Waals surface area contributed by atoms with Crippen molar-refractivity contribution in [3.05, 3.63) is 0 Å². The Kier molecular flexibility index (Phi) is 4.43. The number of rotatable bonds is 2. The minimum atomic E-state index is -0.952. The lowest BCUT2D eigenvalue weighted by molar-refractivity contribution is -0.150. The summed E-state index contributed by atoms with van der Waals surface area (Å²) in [5.41, 5.74) is 5.54. The highest BCUT2D eigenvalue weighted by atomic mass is 32.2. The van der Waals surface area contributed by atoms with Crippen molar-refractivity contribution in [2.24, 2.45) is 11.1 Å². The molecule has 1 fully saturated rings. The summed E-state index contributed by atoms with van der Waals surface area (Å²) < 4.78 is 0. The van der Waals surface area contributed by atoms with E-state index in [1.165, 1.54) is 4.90 Å². The normalized spacial score (nSPS) is 23.3. The molecule has 98 valence electrons. The molecule has 1 heterocycles. The fourth-order valence-electron chi connectivity index (χ4n) is 1.62. The Morgan fingerprint density at radius 1 is 1.47 bits per heavy atom. The third kappa shape index (κ3) is 3.35. The molecule has 2 atom stereocenters. The van der Waals surface area contributed by atoms with Crippen LogP contribution < -0.4 is 5.73 Å². The molecule has 1 unspecified atom stereocenters. The molecule has 17 heavy (non-hydrogen) atoms. The number of hydrogen-bond acceptors (Lipinski definition) is 4. The number of aliphatic carboxylic acids is 1. The van der Waals surface area contributed by atoms with E-state index in [9.17, 15) is 9.59 Å². The molecule has 0 aromatic carbocycles. The quantitative estimate of drug-likeness (QED) is 0.750. The van der Waals surface area contributed by atoms with Crippen molar-refractivity contribution < 1.29 is 14.7 Å². The van der Waals surface area contributed by atoms with Gasteiger partial charge in [-0.25, -0.2) is 4.79 Å². The molecule has 0 radical (unpaired) electrons. The Bertz CT molecular complexity index is 314. The van der Waals surface area contributed by atoms with Crippen molar-refractivity contribution >= 4 is 23.6 Å². The summed E-state index contributed by atoms with van der Waals surface area (Å²) in [6, 6.07) is -1.40. The molecular weight excluding hydrogens is 240 g/mol. The smallest absolute Gasteiger partial charge is 0.327 e. The summed E-state index contributed by atoms with van der Waals surface area (Å²) in [4.78, 5) is 24.7. The second-order valence-corrected chi connectivity index (χ2v) is 6.45. The highest BCUT2D eigenvalue weighted by molar-refractivity contribution is 7.99. The van der Waals surface area contributed by atoms with Crippen LogP contribution in [0.3, 0.4) is 0 Å². The maximum Gasteiger partial charge on any atom is 0.327 e. The number of nitrogens with two attached hydrogens (primary N) is 1. The van der Waals surface area contributed by atoms with E-state index in [-0.39, 0.29) is 11.3 Å². The van der Waals surface area contributed by atoms with Crippen molar-refractivity contribution in [2.75, 3.05) is 18.1 Å². The summed E-state index contributed by atoms with van der Waals surface area (Å²) in [6.07, 6.45) is 0. The monoisotopic (exact) mass is 260 g/mol. The molecule has 1 aliphatic heterocycles. The van der Waals surface area contributed by atoms with Crippen LogP contribution in [0.1, 0.15) is 20.8 Å². The number of carboxylic acid groups (broad SMARTS) is 1. The lowest BCUT2D eigenvalue weighted by atomic mass is 9.86. The SMILES string of the molecule is CC(C)(C)[C@H](N)C(=O)N1CCSCC1C(=O)O. The van der Waals surface area contributed by atoms with Crippen molar-refractivity contribution in [3.63, 3.8) is 0 Å². The predicted molar refractivity (Wildman–Crippen MR) is 67.9 cm³/mol. The highest BCUT2D eigenvalue weighted by Crippen LogP contribution is 2.23. The van der Waals surface area contributed by atoms with Gasteiger partial charge in [-0.3, -0.25) is 4.79 Å². The lowest BCUT2D eigenvalue weighted by Crippen LogP contribution is -2.58. The van der Waals surface area contributed by atoms with Gasteiger partial charge < -0.3 is 15.7 Å². The van der Waals surface area contributed by atoms with Crippen LogP contribution >= 0.6 is 11.8 Å². The first-order chi connectivity index (χ1) is 7.75. The molecule has 1 saturated heterocycles. The molecule has 0 aliphatic carbocycles. The van der Waals surface area contributed by atoms with Gasteiger partial charge in [0.15, 0.2) is 0 Å². The van der Waals surface area contributed by atoms with Crippen LogP contribution in [-0.4, -0.2) is 52.0 Å². The van der Waals surface area contributed by atoms with Crippen LogP contribution in [-0.2, 0) is 9.59 Å². The number of carbonyl (C=O) groups excluding carboxylic acids is 1. The Morgan fingerprint density at radius 2 is 2.06 bits per heavy atom. The second-order valence-electron chi connectivity index (χ2n) is 5.30. The lowest BCUT2D eigenvalue weighted by Gasteiger charge is -2.37. The number of nitrogens with zero attached hydrogens (tertiary/aromatic N) is 1. The van der Waals surface area contributed by atoms with Gasteiger partial charge in [0.2, 0.25) is 5.91 Å². The van der Waals surface area contributed by atoms with E-state index in [1.54, 1.807) is 11.8 Å². The molecule has 0 aromatic rings. The number of amides is 1. The number of thioether (sulfide) groups is 1. The topological polar surface area (TPSA) is 83.6 Å². The van der Waals surface area contributed by atoms with Gasteiger partial charge in [0, 0.05) is 18.1 Å². The van der Waals surface area contributed by atoms with Crippen LogP contribution in [0.25, 0.3) is 0 Å². The minimum absolute atomic E-state index is 0.259. The maximum absolute atomic E-state index is 12.2. The van der Waals surface area contributed by atoms with E-state index >= 15 is 0 Å². The number of carboxylic acids is 1. The zero-order valence-electron chi connectivity index (χ0n) is 10.5. The van der Waals surface area contributed by atoms with Gasteiger partial charge in [0.05, 0.1) is 6.04 Å². The van der Waals surface area contributed by atoms with E-state index < -0.39 is 18.1 Å². The molecule has 0 bridgehead atoms. The largest absolute Gasteiger partial charge is 0.480 e. The molecule has 5 nitrogen and oxygen atoms in total.